The Kier molecular flexibility index (Phi) is 6.14. The molecule has 1 aromatic rings. The number of hydrogen-bond donors (Lipinski definition) is 1. The van der Waals surface area contributed by atoms with Crippen molar-refractivity contribution in [3.63, 3.8) is 0 Å². The summed E-state index contributed by atoms with van der Waals surface area (Å²) >= 11 is 1.89. The molecule has 0 aliphatic carbocycles. The first-order chi connectivity index (χ1) is 9.29. The Hall–Kier alpha value is -0.580. The second-order valence-corrected chi connectivity index (χ2v) is 6.36. The van der Waals surface area contributed by atoms with Crippen LogP contribution in [0.3, 0.4) is 0 Å². The summed E-state index contributed by atoms with van der Waals surface area (Å²) in [5.74, 6) is 0. The molecule has 0 saturated carbocycles. The van der Waals surface area contributed by atoms with Gasteiger partial charge in [-0.2, -0.15) is 0 Å². The molecule has 4 heteroatoms. The van der Waals surface area contributed by atoms with Crippen molar-refractivity contribution in [2.24, 2.45) is 0 Å². The normalized spacial score (nSPS) is 18.4. The molecule has 0 spiro atoms. The van der Waals surface area contributed by atoms with Crippen LogP contribution in [0, 0.1) is 0 Å². The maximum absolute atomic E-state index is 5.38. The van der Waals surface area contributed by atoms with Crippen LogP contribution in [0.5, 0.6) is 0 Å². The van der Waals surface area contributed by atoms with E-state index in [0.29, 0.717) is 11.3 Å². The second kappa shape index (κ2) is 7.88. The molecule has 1 aliphatic rings. The van der Waals surface area contributed by atoms with Crippen molar-refractivity contribution < 1.29 is 4.74 Å². The average molecular weight is 280 g/mol. The van der Waals surface area contributed by atoms with Gasteiger partial charge in [0.05, 0.1) is 5.03 Å². The molecule has 1 atom stereocenters. The van der Waals surface area contributed by atoms with Crippen molar-refractivity contribution in [2.75, 3.05) is 19.8 Å². The van der Waals surface area contributed by atoms with Crippen molar-refractivity contribution in [1.29, 1.82) is 0 Å². The fourth-order valence-corrected chi connectivity index (χ4v) is 3.19. The van der Waals surface area contributed by atoms with E-state index in [-0.39, 0.29) is 0 Å². The Morgan fingerprint density at radius 3 is 2.84 bits per heavy atom. The van der Waals surface area contributed by atoms with Crippen molar-refractivity contribution >= 4 is 11.8 Å². The standard InChI is InChI=1S/C15H24N2OS/c1-3-8-16-12(2)13-4-5-15(17-11-13)19-14-6-9-18-10-7-14/h4-5,11-12,14,16H,3,6-10H2,1-2H3. The van der Waals surface area contributed by atoms with Gasteiger partial charge >= 0.3 is 0 Å². The van der Waals surface area contributed by atoms with Gasteiger partial charge < -0.3 is 10.1 Å². The third-order valence-electron chi connectivity index (χ3n) is 3.42. The van der Waals surface area contributed by atoms with Gasteiger partial charge in [-0.1, -0.05) is 13.0 Å². The lowest BCUT2D eigenvalue weighted by Gasteiger charge is -2.21. The fourth-order valence-electron chi connectivity index (χ4n) is 2.16. The third-order valence-corrected chi connectivity index (χ3v) is 4.70. The van der Waals surface area contributed by atoms with Crippen LogP contribution in [0.4, 0.5) is 0 Å². The van der Waals surface area contributed by atoms with E-state index in [1.165, 1.54) is 5.56 Å². The van der Waals surface area contributed by atoms with Gasteiger partial charge in [-0.15, -0.1) is 11.8 Å². The Bertz CT molecular complexity index is 363. The molecular weight excluding hydrogens is 256 g/mol. The zero-order valence-electron chi connectivity index (χ0n) is 11.9. The van der Waals surface area contributed by atoms with Crippen LogP contribution in [0.1, 0.15) is 44.7 Å². The predicted molar refractivity (Wildman–Crippen MR) is 80.6 cm³/mol. The summed E-state index contributed by atoms with van der Waals surface area (Å²) < 4.78 is 5.38. The minimum atomic E-state index is 0.384. The van der Waals surface area contributed by atoms with E-state index in [1.807, 2.05) is 18.0 Å². The molecular formula is C15H24N2OS. The second-order valence-electron chi connectivity index (χ2n) is 5.04. The maximum atomic E-state index is 5.38. The molecule has 2 heterocycles. The number of nitrogens with zero attached hydrogens (tertiary/aromatic N) is 1. The first-order valence-corrected chi connectivity index (χ1v) is 8.11. The first-order valence-electron chi connectivity index (χ1n) is 7.23. The Morgan fingerprint density at radius 2 is 2.21 bits per heavy atom. The van der Waals surface area contributed by atoms with Gasteiger partial charge in [0.1, 0.15) is 0 Å². The maximum Gasteiger partial charge on any atom is 0.0962 e. The number of ether oxygens (including phenoxy) is 1. The van der Waals surface area contributed by atoms with Gasteiger partial charge in [0, 0.05) is 30.7 Å². The van der Waals surface area contributed by atoms with Gasteiger partial charge in [0.2, 0.25) is 0 Å². The van der Waals surface area contributed by atoms with E-state index in [4.69, 9.17) is 4.74 Å². The van der Waals surface area contributed by atoms with Crippen molar-refractivity contribution in [3.8, 4) is 0 Å². The van der Waals surface area contributed by atoms with E-state index in [2.05, 4.69) is 36.3 Å². The summed E-state index contributed by atoms with van der Waals surface area (Å²) in [7, 11) is 0. The van der Waals surface area contributed by atoms with Crippen LogP contribution in [0.15, 0.2) is 23.4 Å². The number of thioether (sulfide) groups is 1. The molecule has 0 amide bonds. The highest BCUT2D eigenvalue weighted by atomic mass is 32.2. The van der Waals surface area contributed by atoms with E-state index < -0.39 is 0 Å². The predicted octanol–water partition coefficient (Wildman–Crippen LogP) is 3.41. The van der Waals surface area contributed by atoms with Crippen molar-refractivity contribution in [2.45, 2.75) is 49.4 Å². The van der Waals surface area contributed by atoms with Crippen molar-refractivity contribution in [1.82, 2.24) is 10.3 Å². The third kappa shape index (κ3) is 4.79. The SMILES string of the molecule is CCCNC(C)c1ccc(SC2CCOCC2)nc1. The number of pyridine rings is 1. The largest absolute Gasteiger partial charge is 0.381 e. The molecule has 19 heavy (non-hydrogen) atoms. The van der Waals surface area contributed by atoms with E-state index in [1.54, 1.807) is 0 Å². The molecule has 0 bridgehead atoms. The molecule has 2 rings (SSSR count). The number of hydrogen-bond acceptors (Lipinski definition) is 4. The molecule has 0 radical (unpaired) electrons. The number of aromatic nitrogens is 1. The minimum absolute atomic E-state index is 0.384. The molecule has 1 unspecified atom stereocenters. The van der Waals surface area contributed by atoms with Crippen LogP contribution in [0.2, 0.25) is 0 Å². The van der Waals surface area contributed by atoms with Gasteiger partial charge in [0.15, 0.2) is 0 Å². The Morgan fingerprint density at radius 1 is 1.42 bits per heavy atom. The van der Waals surface area contributed by atoms with Gasteiger partial charge in [-0.05, 0) is 44.4 Å². The van der Waals surface area contributed by atoms with E-state index in [9.17, 15) is 0 Å². The van der Waals surface area contributed by atoms with E-state index >= 15 is 0 Å². The zero-order valence-corrected chi connectivity index (χ0v) is 12.7. The summed E-state index contributed by atoms with van der Waals surface area (Å²) in [6.07, 6.45) is 5.45. The molecule has 0 aromatic carbocycles. The highest BCUT2D eigenvalue weighted by Crippen LogP contribution is 2.28. The molecule has 1 aromatic heterocycles. The molecule has 1 aliphatic heterocycles. The lowest BCUT2D eigenvalue weighted by atomic mass is 10.1. The van der Waals surface area contributed by atoms with Gasteiger partial charge in [0.25, 0.3) is 0 Å². The van der Waals surface area contributed by atoms with Crippen LogP contribution in [0.25, 0.3) is 0 Å². The first kappa shape index (κ1) is 14.8. The topological polar surface area (TPSA) is 34.1 Å². The highest BCUT2D eigenvalue weighted by Gasteiger charge is 2.15. The summed E-state index contributed by atoms with van der Waals surface area (Å²) in [5, 5.41) is 5.29. The Labute approximate surface area is 120 Å². The van der Waals surface area contributed by atoms with Gasteiger partial charge in [-0.25, -0.2) is 4.98 Å². The Balaban J connectivity index is 1.86. The number of nitrogens with one attached hydrogen (secondary N) is 1. The molecule has 3 nitrogen and oxygen atoms in total. The number of rotatable bonds is 6. The summed E-state index contributed by atoms with van der Waals surface area (Å²) in [6, 6.07) is 4.73. The molecule has 1 N–H and O–H groups in total. The molecule has 106 valence electrons. The van der Waals surface area contributed by atoms with Crippen molar-refractivity contribution in [3.05, 3.63) is 23.9 Å². The lowest BCUT2D eigenvalue weighted by Crippen LogP contribution is -2.19. The summed E-state index contributed by atoms with van der Waals surface area (Å²) in [5.41, 5.74) is 1.27. The average Bonchev–Trinajstić information content (AvgIpc) is 2.46. The monoisotopic (exact) mass is 280 g/mol. The fraction of sp³-hybridized carbons (Fsp3) is 0.667. The minimum Gasteiger partial charge on any atom is -0.381 e. The molecule has 1 saturated heterocycles. The highest BCUT2D eigenvalue weighted by molar-refractivity contribution is 7.99. The van der Waals surface area contributed by atoms with E-state index in [0.717, 1.165) is 44.0 Å². The zero-order chi connectivity index (χ0) is 13.5. The quantitative estimate of drug-likeness (QED) is 0.866. The summed E-state index contributed by atoms with van der Waals surface area (Å²) in [6.45, 7) is 7.23. The smallest absolute Gasteiger partial charge is 0.0962 e. The van der Waals surface area contributed by atoms with Crippen LogP contribution < -0.4 is 5.32 Å². The summed E-state index contributed by atoms with van der Waals surface area (Å²) in [4.78, 5) is 4.58. The van der Waals surface area contributed by atoms with Crippen LogP contribution in [-0.4, -0.2) is 30.0 Å². The van der Waals surface area contributed by atoms with Crippen LogP contribution >= 0.6 is 11.8 Å². The lowest BCUT2D eigenvalue weighted by molar-refractivity contribution is 0.1000. The van der Waals surface area contributed by atoms with Gasteiger partial charge in [-0.3, -0.25) is 0 Å². The van der Waals surface area contributed by atoms with Crippen LogP contribution in [-0.2, 0) is 4.74 Å². The molecule has 1 fully saturated rings.